The molecule has 1 unspecified atom stereocenters. The average molecular weight is 808 g/mol. The zero-order valence-corrected chi connectivity index (χ0v) is 37.2. The third-order valence-corrected chi connectivity index (χ3v) is 10.0. The molecule has 0 radical (unpaired) electrons. The molecular formula is C46H82NO8P. The first kappa shape index (κ1) is 53.7. The molecule has 0 rings (SSSR count). The zero-order chi connectivity index (χ0) is 41.4. The van der Waals surface area contributed by atoms with Crippen molar-refractivity contribution in [1.29, 1.82) is 0 Å². The van der Waals surface area contributed by atoms with Gasteiger partial charge in [0.25, 0.3) is 7.82 Å². The summed E-state index contributed by atoms with van der Waals surface area (Å²) in [7, 11) is 1.14. The molecule has 0 aromatic heterocycles. The number of carbonyl (C=O) groups is 2. The smallest absolute Gasteiger partial charge is 0.306 e. The Morgan fingerprint density at radius 3 is 1.52 bits per heavy atom. The molecule has 0 saturated heterocycles. The second kappa shape index (κ2) is 38.2. The standard InChI is InChI=1S/C46H82NO8P/c1-6-8-10-12-14-16-18-20-21-22-23-24-25-27-28-30-32-34-36-38-45(48)52-42-44(43-54-56(50,51)53-41-40-47(3,4)5)55-46(49)39-37-35-33-31-29-26-19-17-15-13-11-9-7-2/h8,10,14,16,20-21,23-24,27-28,44H,6-7,9,11-13,15,17-19,22,25-26,29-43H2,1-5H3/b10-8+,16-14+,21-20+,24-23+,28-27+/t44-/m0/s1. The Hall–Kier alpha value is -2.29. The summed E-state index contributed by atoms with van der Waals surface area (Å²) in [5.74, 6) is -0.874. The Morgan fingerprint density at radius 1 is 0.571 bits per heavy atom. The number of quaternary nitrogens is 1. The third kappa shape index (κ3) is 41.3. The Labute approximate surface area is 343 Å². The lowest BCUT2D eigenvalue weighted by Gasteiger charge is -2.28. The molecule has 0 aliphatic rings. The van der Waals surface area contributed by atoms with Crippen LogP contribution >= 0.6 is 7.82 Å². The van der Waals surface area contributed by atoms with Crippen LogP contribution in [0.15, 0.2) is 60.8 Å². The summed E-state index contributed by atoms with van der Waals surface area (Å²) in [6.07, 6.45) is 45.3. The van der Waals surface area contributed by atoms with Gasteiger partial charge < -0.3 is 27.9 Å². The maximum Gasteiger partial charge on any atom is 0.306 e. The lowest BCUT2D eigenvalue weighted by molar-refractivity contribution is -0.870. The van der Waals surface area contributed by atoms with Crippen LogP contribution in [0, 0.1) is 0 Å². The molecule has 0 heterocycles. The molecule has 9 nitrogen and oxygen atoms in total. The van der Waals surface area contributed by atoms with E-state index < -0.39 is 32.5 Å². The van der Waals surface area contributed by atoms with E-state index in [4.69, 9.17) is 18.5 Å². The van der Waals surface area contributed by atoms with Gasteiger partial charge in [0.05, 0.1) is 27.7 Å². The van der Waals surface area contributed by atoms with Gasteiger partial charge in [-0.1, -0.05) is 158 Å². The average Bonchev–Trinajstić information content (AvgIpc) is 3.15. The van der Waals surface area contributed by atoms with Crippen molar-refractivity contribution in [3.8, 4) is 0 Å². The van der Waals surface area contributed by atoms with Crippen molar-refractivity contribution in [1.82, 2.24) is 0 Å². The van der Waals surface area contributed by atoms with Crippen LogP contribution in [-0.4, -0.2) is 70.0 Å². The number of likely N-dealkylation sites (N-methyl/N-ethyl adjacent to an activating group) is 1. The summed E-state index contributed by atoms with van der Waals surface area (Å²) in [6, 6.07) is 0. The number of allylic oxidation sites excluding steroid dienone is 10. The van der Waals surface area contributed by atoms with E-state index in [2.05, 4.69) is 74.6 Å². The number of hydrogen-bond donors (Lipinski definition) is 0. The van der Waals surface area contributed by atoms with Crippen LogP contribution in [0.3, 0.4) is 0 Å². The maximum absolute atomic E-state index is 12.7. The molecule has 2 atom stereocenters. The Balaban J connectivity index is 4.41. The predicted molar refractivity (Wildman–Crippen MR) is 231 cm³/mol. The SMILES string of the molecule is CC/C=C/C/C=C/C/C=C/C/C=C/C/C=C/CCCCCC(=O)OC[C@@H](COP(=O)([O-])OCC[N+](C)(C)C)OC(=O)CCCCCCCCCCCCCCC. The second-order valence-corrected chi connectivity index (χ2v) is 17.1. The van der Waals surface area contributed by atoms with Crippen LogP contribution < -0.4 is 4.89 Å². The molecule has 0 aliphatic heterocycles. The molecule has 324 valence electrons. The lowest BCUT2D eigenvalue weighted by Crippen LogP contribution is -2.37. The number of hydrogen-bond acceptors (Lipinski definition) is 8. The fourth-order valence-electron chi connectivity index (χ4n) is 5.62. The maximum atomic E-state index is 12.7. The van der Waals surface area contributed by atoms with Crippen molar-refractivity contribution in [2.24, 2.45) is 0 Å². The van der Waals surface area contributed by atoms with Gasteiger partial charge >= 0.3 is 11.9 Å². The predicted octanol–water partition coefficient (Wildman–Crippen LogP) is 11.8. The largest absolute Gasteiger partial charge is 0.756 e. The van der Waals surface area contributed by atoms with Gasteiger partial charge in [-0.05, 0) is 57.8 Å². The highest BCUT2D eigenvalue weighted by Crippen LogP contribution is 2.38. The first-order valence-corrected chi connectivity index (χ1v) is 23.5. The molecule has 0 fully saturated rings. The summed E-state index contributed by atoms with van der Waals surface area (Å²) in [6.45, 7) is 4.06. The van der Waals surface area contributed by atoms with Gasteiger partial charge in [-0.2, -0.15) is 0 Å². The van der Waals surface area contributed by atoms with Crippen molar-refractivity contribution in [2.45, 2.75) is 174 Å². The Kier molecular flexibility index (Phi) is 36.7. The molecule has 0 spiro atoms. The van der Waals surface area contributed by atoms with Crippen molar-refractivity contribution < 1.29 is 42.1 Å². The van der Waals surface area contributed by atoms with Crippen LogP contribution in [0.4, 0.5) is 0 Å². The zero-order valence-electron chi connectivity index (χ0n) is 36.3. The number of esters is 2. The fraction of sp³-hybridized carbons (Fsp3) is 0.739. The van der Waals surface area contributed by atoms with Crippen LogP contribution in [0.2, 0.25) is 0 Å². The number of ether oxygens (including phenoxy) is 2. The lowest BCUT2D eigenvalue weighted by atomic mass is 10.0. The minimum atomic E-state index is -4.63. The highest BCUT2D eigenvalue weighted by Gasteiger charge is 2.21. The number of carbonyl (C=O) groups excluding carboxylic acids is 2. The van der Waals surface area contributed by atoms with E-state index in [1.165, 1.54) is 57.8 Å². The summed E-state index contributed by atoms with van der Waals surface area (Å²) in [5.41, 5.74) is 0. The van der Waals surface area contributed by atoms with Crippen LogP contribution in [0.25, 0.3) is 0 Å². The monoisotopic (exact) mass is 808 g/mol. The van der Waals surface area contributed by atoms with E-state index in [0.717, 1.165) is 70.6 Å². The molecule has 56 heavy (non-hydrogen) atoms. The molecule has 0 bridgehead atoms. The number of rotatable bonds is 39. The Bertz CT molecular complexity index is 1140. The van der Waals surface area contributed by atoms with Gasteiger partial charge in [0.1, 0.15) is 19.8 Å². The van der Waals surface area contributed by atoms with E-state index >= 15 is 0 Å². The fourth-order valence-corrected chi connectivity index (χ4v) is 6.35. The Morgan fingerprint density at radius 2 is 1.02 bits per heavy atom. The van der Waals surface area contributed by atoms with Crippen molar-refractivity contribution in [3.63, 3.8) is 0 Å². The van der Waals surface area contributed by atoms with Gasteiger partial charge in [-0.15, -0.1) is 0 Å². The molecule has 0 amide bonds. The number of nitrogens with zero attached hydrogens (tertiary/aromatic N) is 1. The van der Waals surface area contributed by atoms with Gasteiger partial charge in [0.15, 0.2) is 6.10 Å². The summed E-state index contributed by atoms with van der Waals surface area (Å²) in [4.78, 5) is 37.5. The van der Waals surface area contributed by atoms with E-state index in [9.17, 15) is 19.0 Å². The van der Waals surface area contributed by atoms with E-state index in [-0.39, 0.29) is 26.1 Å². The molecule has 0 aromatic carbocycles. The number of phosphoric acid groups is 1. The molecule has 10 heteroatoms. The number of unbranched alkanes of at least 4 members (excludes halogenated alkanes) is 15. The number of phosphoric ester groups is 1. The van der Waals surface area contributed by atoms with Gasteiger partial charge in [0, 0.05) is 12.8 Å². The minimum Gasteiger partial charge on any atom is -0.756 e. The summed E-state index contributed by atoms with van der Waals surface area (Å²) >= 11 is 0. The molecular weight excluding hydrogens is 725 g/mol. The highest BCUT2D eigenvalue weighted by molar-refractivity contribution is 7.45. The first-order valence-electron chi connectivity index (χ1n) is 22.0. The van der Waals surface area contributed by atoms with Crippen molar-refractivity contribution in [2.75, 3.05) is 47.5 Å². The van der Waals surface area contributed by atoms with E-state index in [1.54, 1.807) is 0 Å². The van der Waals surface area contributed by atoms with Gasteiger partial charge in [0.2, 0.25) is 0 Å². The van der Waals surface area contributed by atoms with Gasteiger partial charge in [-0.3, -0.25) is 14.2 Å². The van der Waals surface area contributed by atoms with Crippen LogP contribution in [-0.2, 0) is 32.7 Å². The molecule has 0 aromatic rings. The normalized spacial score (nSPS) is 14.2. The van der Waals surface area contributed by atoms with Crippen LogP contribution in [0.5, 0.6) is 0 Å². The van der Waals surface area contributed by atoms with E-state index in [1.807, 2.05) is 21.1 Å². The molecule has 0 saturated carbocycles. The van der Waals surface area contributed by atoms with Crippen molar-refractivity contribution in [3.05, 3.63) is 60.8 Å². The topological polar surface area (TPSA) is 111 Å². The van der Waals surface area contributed by atoms with Gasteiger partial charge in [-0.25, -0.2) is 0 Å². The van der Waals surface area contributed by atoms with Crippen molar-refractivity contribution >= 4 is 19.8 Å². The quantitative estimate of drug-likeness (QED) is 0.0198. The minimum absolute atomic E-state index is 0.0379. The van der Waals surface area contributed by atoms with Crippen LogP contribution in [0.1, 0.15) is 168 Å². The third-order valence-electron chi connectivity index (χ3n) is 9.05. The molecule has 0 aliphatic carbocycles. The summed E-state index contributed by atoms with van der Waals surface area (Å²) in [5, 5.41) is 0. The van der Waals surface area contributed by atoms with E-state index in [0.29, 0.717) is 23.9 Å². The molecule has 0 N–H and O–H groups in total. The first-order chi connectivity index (χ1) is 27.0. The summed E-state index contributed by atoms with van der Waals surface area (Å²) < 4.78 is 33.8. The highest BCUT2D eigenvalue weighted by atomic mass is 31.2. The second-order valence-electron chi connectivity index (χ2n) is 15.7.